The summed E-state index contributed by atoms with van der Waals surface area (Å²) in [5.74, 6) is 1.55. The van der Waals surface area contributed by atoms with Gasteiger partial charge in [-0.1, -0.05) is 0 Å². The molecule has 4 nitrogen and oxygen atoms in total. The summed E-state index contributed by atoms with van der Waals surface area (Å²) in [5.41, 5.74) is 0.576. The first-order valence-corrected chi connectivity index (χ1v) is 6.76. The molecule has 1 aromatic heterocycles. The number of hydrogen-bond acceptors (Lipinski definition) is 4. The third-order valence-corrected chi connectivity index (χ3v) is 4.75. The molecule has 2 aliphatic heterocycles. The highest BCUT2D eigenvalue weighted by molar-refractivity contribution is 8.00. The number of carbonyl (C=O) groups excluding carboxylic acids is 1. The van der Waals surface area contributed by atoms with Crippen LogP contribution in [0, 0.1) is 0 Å². The first kappa shape index (κ1) is 10.9. The summed E-state index contributed by atoms with van der Waals surface area (Å²) >= 11 is 1.98. The third kappa shape index (κ3) is 1.78. The Morgan fingerprint density at radius 1 is 1.65 bits per heavy atom. The minimum absolute atomic E-state index is 0.0581. The van der Waals surface area contributed by atoms with Crippen LogP contribution in [0.2, 0.25) is 0 Å². The molecule has 2 atom stereocenters. The predicted molar refractivity (Wildman–Crippen MR) is 66.5 cm³/mol. The second-order valence-corrected chi connectivity index (χ2v) is 5.70. The van der Waals surface area contributed by atoms with E-state index in [1.165, 1.54) is 0 Å². The summed E-state index contributed by atoms with van der Waals surface area (Å²) in [6.45, 7) is 0.867. The lowest BCUT2D eigenvalue weighted by Crippen LogP contribution is -2.39. The molecule has 0 N–H and O–H groups in total. The van der Waals surface area contributed by atoms with E-state index in [9.17, 15) is 4.79 Å². The molecule has 0 aromatic carbocycles. The number of methoxy groups -OCH3 is 1. The van der Waals surface area contributed by atoms with Crippen LogP contribution in [0.5, 0.6) is 5.88 Å². The molecule has 2 fully saturated rings. The zero-order chi connectivity index (χ0) is 11.8. The van der Waals surface area contributed by atoms with Crippen molar-refractivity contribution in [2.45, 2.75) is 17.7 Å². The molecule has 3 heterocycles. The van der Waals surface area contributed by atoms with E-state index < -0.39 is 0 Å². The maximum atomic E-state index is 12.4. The number of fused-ring (bicyclic) bond motifs is 2. The molecule has 17 heavy (non-hydrogen) atoms. The van der Waals surface area contributed by atoms with Gasteiger partial charge in [-0.25, -0.2) is 4.98 Å². The maximum absolute atomic E-state index is 12.4. The molecule has 0 aliphatic carbocycles. The van der Waals surface area contributed by atoms with Crippen LogP contribution in [0.25, 0.3) is 0 Å². The number of hydrogen-bond donors (Lipinski definition) is 0. The molecule has 1 aromatic rings. The van der Waals surface area contributed by atoms with Crippen molar-refractivity contribution in [1.29, 1.82) is 0 Å². The first-order valence-electron chi connectivity index (χ1n) is 5.71. The number of amides is 1. The fourth-order valence-electron chi connectivity index (χ4n) is 2.52. The molecule has 1 amide bonds. The lowest BCUT2D eigenvalue weighted by molar-refractivity contribution is 0.0743. The van der Waals surface area contributed by atoms with Crippen molar-refractivity contribution < 1.29 is 9.53 Å². The Bertz CT molecular complexity index is 452. The van der Waals surface area contributed by atoms with Crippen LogP contribution in [0.3, 0.4) is 0 Å². The number of thioether (sulfide) groups is 1. The number of aromatic nitrogens is 1. The first-order chi connectivity index (χ1) is 8.29. The third-order valence-electron chi connectivity index (χ3n) is 3.36. The summed E-state index contributed by atoms with van der Waals surface area (Å²) in [6.07, 6.45) is 2.78. The molecule has 5 heteroatoms. The molecular formula is C12H14N2O2S. The van der Waals surface area contributed by atoms with E-state index in [4.69, 9.17) is 4.74 Å². The van der Waals surface area contributed by atoms with Gasteiger partial charge in [0, 0.05) is 29.8 Å². The van der Waals surface area contributed by atoms with Gasteiger partial charge in [0.1, 0.15) is 5.56 Å². The molecule has 2 saturated heterocycles. The van der Waals surface area contributed by atoms with Crippen molar-refractivity contribution in [3.05, 3.63) is 23.9 Å². The zero-order valence-electron chi connectivity index (χ0n) is 9.63. The quantitative estimate of drug-likeness (QED) is 0.796. The van der Waals surface area contributed by atoms with E-state index in [0.29, 0.717) is 22.7 Å². The van der Waals surface area contributed by atoms with Crippen LogP contribution >= 0.6 is 11.8 Å². The molecule has 3 rings (SSSR count). The number of rotatable bonds is 2. The average molecular weight is 250 g/mol. The van der Waals surface area contributed by atoms with Crippen molar-refractivity contribution >= 4 is 17.7 Å². The summed E-state index contributed by atoms with van der Waals surface area (Å²) in [4.78, 5) is 18.5. The van der Waals surface area contributed by atoms with Crippen LogP contribution in [0.1, 0.15) is 16.8 Å². The smallest absolute Gasteiger partial charge is 0.259 e. The van der Waals surface area contributed by atoms with E-state index in [1.807, 2.05) is 16.7 Å². The number of likely N-dealkylation sites (tertiary alicyclic amines) is 1. The number of carbonyl (C=O) groups is 1. The topological polar surface area (TPSA) is 42.4 Å². The van der Waals surface area contributed by atoms with Crippen molar-refractivity contribution in [1.82, 2.24) is 9.88 Å². The van der Waals surface area contributed by atoms with Crippen molar-refractivity contribution in [3.8, 4) is 5.88 Å². The molecule has 2 bridgehead atoms. The van der Waals surface area contributed by atoms with E-state index in [1.54, 1.807) is 25.4 Å². The summed E-state index contributed by atoms with van der Waals surface area (Å²) in [7, 11) is 1.55. The summed E-state index contributed by atoms with van der Waals surface area (Å²) in [5, 5.41) is 0.631. The van der Waals surface area contributed by atoms with Gasteiger partial charge in [-0.2, -0.15) is 11.8 Å². The Morgan fingerprint density at radius 3 is 3.18 bits per heavy atom. The number of pyridine rings is 1. The van der Waals surface area contributed by atoms with Crippen LogP contribution in [0.4, 0.5) is 0 Å². The van der Waals surface area contributed by atoms with E-state index in [2.05, 4.69) is 4.98 Å². The summed E-state index contributed by atoms with van der Waals surface area (Å²) < 4.78 is 5.14. The van der Waals surface area contributed by atoms with Crippen LogP contribution in [-0.2, 0) is 0 Å². The Hall–Kier alpha value is -1.23. The van der Waals surface area contributed by atoms with Gasteiger partial charge in [-0.3, -0.25) is 4.79 Å². The molecule has 90 valence electrons. The molecular weight excluding hydrogens is 236 g/mol. The number of ether oxygens (including phenoxy) is 1. The highest BCUT2D eigenvalue weighted by atomic mass is 32.2. The fourth-order valence-corrected chi connectivity index (χ4v) is 3.95. The standard InChI is InChI=1S/C12H14N2O2S/c1-16-11-10(3-2-4-13-11)12(15)14-6-9-5-8(14)7-17-9/h2-4,8-9H,5-7H2,1H3. The number of nitrogens with zero attached hydrogens (tertiary/aromatic N) is 2. The van der Waals surface area contributed by atoms with Gasteiger partial charge in [-0.15, -0.1) is 0 Å². The highest BCUT2D eigenvalue weighted by Crippen LogP contribution is 2.38. The largest absolute Gasteiger partial charge is 0.480 e. The lowest BCUT2D eigenvalue weighted by atomic mass is 10.2. The normalized spacial score (nSPS) is 26.3. The van der Waals surface area contributed by atoms with Crippen LogP contribution in [-0.4, -0.2) is 46.5 Å². The monoisotopic (exact) mass is 250 g/mol. The van der Waals surface area contributed by atoms with Gasteiger partial charge >= 0.3 is 0 Å². The van der Waals surface area contributed by atoms with E-state index >= 15 is 0 Å². The molecule has 0 spiro atoms. The predicted octanol–water partition coefficient (Wildman–Crippen LogP) is 1.42. The SMILES string of the molecule is COc1ncccc1C(=O)N1CC2CC1CS2. The molecule has 2 aliphatic rings. The Kier molecular flexibility index (Phi) is 2.70. The minimum Gasteiger partial charge on any atom is -0.480 e. The van der Waals surface area contributed by atoms with E-state index in [0.717, 1.165) is 18.7 Å². The van der Waals surface area contributed by atoms with Gasteiger partial charge in [-0.05, 0) is 18.6 Å². The van der Waals surface area contributed by atoms with Crippen LogP contribution in [0.15, 0.2) is 18.3 Å². The van der Waals surface area contributed by atoms with Gasteiger partial charge in [0.2, 0.25) is 5.88 Å². The van der Waals surface area contributed by atoms with Gasteiger partial charge in [0.25, 0.3) is 5.91 Å². The lowest BCUT2D eigenvalue weighted by Gasteiger charge is -2.26. The average Bonchev–Trinajstić information content (AvgIpc) is 3.00. The van der Waals surface area contributed by atoms with Crippen molar-refractivity contribution in [2.24, 2.45) is 0 Å². The fraction of sp³-hybridized carbons (Fsp3) is 0.500. The Balaban J connectivity index is 1.86. The summed E-state index contributed by atoms with van der Waals surface area (Å²) in [6, 6.07) is 3.97. The molecule has 0 saturated carbocycles. The Morgan fingerprint density at radius 2 is 2.53 bits per heavy atom. The zero-order valence-corrected chi connectivity index (χ0v) is 10.4. The minimum atomic E-state index is 0.0581. The van der Waals surface area contributed by atoms with Gasteiger partial charge in [0.05, 0.1) is 7.11 Å². The molecule has 0 radical (unpaired) electrons. The molecule has 2 unspecified atom stereocenters. The van der Waals surface area contributed by atoms with Crippen molar-refractivity contribution in [2.75, 3.05) is 19.4 Å². The Labute approximate surface area is 104 Å². The van der Waals surface area contributed by atoms with Gasteiger partial charge in [0.15, 0.2) is 0 Å². The highest BCUT2D eigenvalue weighted by Gasteiger charge is 2.41. The second kappa shape index (κ2) is 4.22. The second-order valence-electron chi connectivity index (χ2n) is 4.36. The van der Waals surface area contributed by atoms with E-state index in [-0.39, 0.29) is 5.91 Å². The maximum Gasteiger partial charge on any atom is 0.259 e. The van der Waals surface area contributed by atoms with Crippen LogP contribution < -0.4 is 4.74 Å². The van der Waals surface area contributed by atoms with Crippen molar-refractivity contribution in [3.63, 3.8) is 0 Å². The van der Waals surface area contributed by atoms with Gasteiger partial charge < -0.3 is 9.64 Å².